The molecule has 0 atom stereocenters. The molecule has 0 bridgehead atoms. The van der Waals surface area contributed by atoms with E-state index in [0.29, 0.717) is 5.75 Å². The normalized spacial score (nSPS) is 10.1. The van der Waals surface area contributed by atoms with Crippen LogP contribution in [-0.4, -0.2) is 30.3 Å². The Balaban J connectivity index is 2.16. The first-order valence-corrected chi connectivity index (χ1v) is 4.94. The van der Waals surface area contributed by atoms with Crippen LogP contribution in [0, 0.1) is 0 Å². The fourth-order valence-corrected chi connectivity index (χ4v) is 1.01. The molecule has 1 aromatic rings. The summed E-state index contributed by atoms with van der Waals surface area (Å²) in [7, 11) is 0. The molecule has 0 saturated heterocycles. The molecule has 1 aromatic carbocycles. The Hall–Kier alpha value is -2.30. The van der Waals surface area contributed by atoms with Crippen molar-refractivity contribution in [3.63, 3.8) is 0 Å². The van der Waals surface area contributed by atoms with Crippen LogP contribution in [0.3, 0.4) is 0 Å². The van der Waals surface area contributed by atoms with Crippen molar-refractivity contribution >= 4 is 11.9 Å². The molecule has 5 heteroatoms. The first-order valence-electron chi connectivity index (χ1n) is 4.94. The maximum atomic E-state index is 10.9. The molecule has 0 heterocycles. The minimum atomic E-state index is -1.19. The molecule has 0 aliphatic rings. The highest BCUT2D eigenvalue weighted by molar-refractivity contribution is 5.90. The number of hydrogen-bond donors (Lipinski definition) is 1. The average molecular weight is 236 g/mol. The molecule has 0 radical (unpaired) electrons. The number of aliphatic carboxylic acids is 1. The van der Waals surface area contributed by atoms with E-state index < -0.39 is 11.9 Å². The largest absolute Gasteiger partial charge is 0.490 e. The standard InChI is InChI=1S/C12H12O5/c13-11(14)6-7-12(15)17-9-8-16-10-4-2-1-3-5-10/h1-7H,8-9H2,(H,13,14)/b7-6-. The van der Waals surface area contributed by atoms with Gasteiger partial charge in [0.25, 0.3) is 0 Å². The Kier molecular flexibility index (Phi) is 5.30. The van der Waals surface area contributed by atoms with E-state index in [4.69, 9.17) is 14.6 Å². The summed E-state index contributed by atoms with van der Waals surface area (Å²) >= 11 is 0. The minimum absolute atomic E-state index is 0.0671. The second kappa shape index (κ2) is 7.05. The summed E-state index contributed by atoms with van der Waals surface area (Å²) in [4.78, 5) is 21.0. The summed E-state index contributed by atoms with van der Waals surface area (Å²) in [6.07, 6.45) is 1.57. The van der Waals surface area contributed by atoms with Crippen molar-refractivity contribution in [2.45, 2.75) is 0 Å². The van der Waals surface area contributed by atoms with Gasteiger partial charge in [0, 0.05) is 12.2 Å². The predicted molar refractivity (Wildman–Crippen MR) is 59.7 cm³/mol. The van der Waals surface area contributed by atoms with E-state index in [9.17, 15) is 9.59 Å². The highest BCUT2D eigenvalue weighted by atomic mass is 16.6. The number of benzene rings is 1. The van der Waals surface area contributed by atoms with Gasteiger partial charge in [0.15, 0.2) is 0 Å². The Morgan fingerprint density at radius 1 is 1.12 bits per heavy atom. The van der Waals surface area contributed by atoms with Gasteiger partial charge in [-0.25, -0.2) is 9.59 Å². The number of ether oxygens (including phenoxy) is 2. The molecule has 0 amide bonds. The SMILES string of the molecule is O=C(O)/C=C\C(=O)OCCOc1ccccc1. The zero-order valence-electron chi connectivity index (χ0n) is 9.04. The van der Waals surface area contributed by atoms with Gasteiger partial charge in [0.1, 0.15) is 19.0 Å². The summed E-state index contributed by atoms with van der Waals surface area (Å²) in [6, 6.07) is 9.09. The summed E-state index contributed by atoms with van der Waals surface area (Å²) in [5, 5.41) is 8.26. The molecule has 0 aliphatic heterocycles. The van der Waals surface area contributed by atoms with Crippen LogP contribution in [0.15, 0.2) is 42.5 Å². The van der Waals surface area contributed by atoms with Gasteiger partial charge in [-0.15, -0.1) is 0 Å². The third-order valence-corrected chi connectivity index (χ3v) is 1.70. The van der Waals surface area contributed by atoms with Crippen molar-refractivity contribution in [1.29, 1.82) is 0 Å². The number of carbonyl (C=O) groups is 2. The molecule has 17 heavy (non-hydrogen) atoms. The summed E-state index contributed by atoms with van der Waals surface area (Å²) in [5.74, 6) is -1.21. The molecule has 0 spiro atoms. The molecule has 0 aliphatic carbocycles. The first-order chi connectivity index (χ1) is 8.18. The van der Waals surface area contributed by atoms with Gasteiger partial charge in [0.2, 0.25) is 0 Å². The highest BCUT2D eigenvalue weighted by Gasteiger charge is 1.98. The van der Waals surface area contributed by atoms with Gasteiger partial charge >= 0.3 is 11.9 Å². The number of carboxylic acids is 1. The van der Waals surface area contributed by atoms with Gasteiger partial charge < -0.3 is 14.6 Å². The number of rotatable bonds is 6. The van der Waals surface area contributed by atoms with Crippen molar-refractivity contribution in [2.24, 2.45) is 0 Å². The van der Waals surface area contributed by atoms with Crippen molar-refractivity contribution in [3.05, 3.63) is 42.5 Å². The van der Waals surface area contributed by atoms with Crippen molar-refractivity contribution in [3.8, 4) is 5.75 Å². The average Bonchev–Trinajstić information content (AvgIpc) is 2.33. The van der Waals surface area contributed by atoms with Gasteiger partial charge in [-0.05, 0) is 12.1 Å². The lowest BCUT2D eigenvalue weighted by molar-refractivity contribution is -0.139. The van der Waals surface area contributed by atoms with Crippen LogP contribution in [0.25, 0.3) is 0 Å². The number of carbonyl (C=O) groups excluding carboxylic acids is 1. The van der Waals surface area contributed by atoms with Gasteiger partial charge in [-0.1, -0.05) is 18.2 Å². The second-order valence-corrected chi connectivity index (χ2v) is 3.00. The van der Waals surface area contributed by atoms with E-state index in [1.807, 2.05) is 18.2 Å². The fourth-order valence-electron chi connectivity index (χ4n) is 1.01. The van der Waals surface area contributed by atoms with Gasteiger partial charge in [-0.2, -0.15) is 0 Å². The van der Waals surface area contributed by atoms with Crippen LogP contribution < -0.4 is 4.74 Å². The van der Waals surface area contributed by atoms with Crippen LogP contribution in [0.2, 0.25) is 0 Å². The Morgan fingerprint density at radius 2 is 1.82 bits per heavy atom. The van der Waals surface area contributed by atoms with Crippen molar-refractivity contribution in [2.75, 3.05) is 13.2 Å². The topological polar surface area (TPSA) is 72.8 Å². The van der Waals surface area contributed by atoms with Crippen LogP contribution in [-0.2, 0) is 14.3 Å². The van der Waals surface area contributed by atoms with E-state index >= 15 is 0 Å². The molecule has 0 fully saturated rings. The molecule has 0 aromatic heterocycles. The van der Waals surface area contributed by atoms with E-state index in [0.717, 1.165) is 12.2 Å². The number of esters is 1. The van der Waals surface area contributed by atoms with E-state index in [-0.39, 0.29) is 13.2 Å². The smallest absolute Gasteiger partial charge is 0.331 e. The van der Waals surface area contributed by atoms with Crippen molar-refractivity contribution < 1.29 is 24.2 Å². The Bertz CT molecular complexity index is 397. The molecular formula is C12H12O5. The molecule has 1 N–H and O–H groups in total. The zero-order chi connectivity index (χ0) is 12.5. The lowest BCUT2D eigenvalue weighted by Gasteiger charge is -2.05. The predicted octanol–water partition coefficient (Wildman–Crippen LogP) is 1.25. The van der Waals surface area contributed by atoms with Crippen LogP contribution in [0.5, 0.6) is 5.75 Å². The highest BCUT2D eigenvalue weighted by Crippen LogP contribution is 2.07. The summed E-state index contributed by atoms with van der Waals surface area (Å²) in [5.41, 5.74) is 0. The molecular weight excluding hydrogens is 224 g/mol. The maximum absolute atomic E-state index is 10.9. The number of carboxylic acid groups (broad SMARTS) is 1. The zero-order valence-corrected chi connectivity index (χ0v) is 9.04. The second-order valence-electron chi connectivity index (χ2n) is 3.00. The molecule has 90 valence electrons. The third kappa shape index (κ3) is 5.99. The fraction of sp³-hybridized carbons (Fsp3) is 0.167. The summed E-state index contributed by atoms with van der Waals surface area (Å²) < 4.78 is 9.96. The maximum Gasteiger partial charge on any atom is 0.331 e. The minimum Gasteiger partial charge on any atom is -0.490 e. The van der Waals surface area contributed by atoms with E-state index in [1.54, 1.807) is 12.1 Å². The van der Waals surface area contributed by atoms with Crippen LogP contribution >= 0.6 is 0 Å². The molecule has 1 rings (SSSR count). The number of para-hydroxylation sites is 1. The lowest BCUT2D eigenvalue weighted by atomic mass is 10.3. The first kappa shape index (κ1) is 12.8. The molecule has 0 saturated carbocycles. The Morgan fingerprint density at radius 3 is 2.47 bits per heavy atom. The van der Waals surface area contributed by atoms with Gasteiger partial charge in [0.05, 0.1) is 0 Å². The summed E-state index contributed by atoms with van der Waals surface area (Å²) in [6.45, 7) is 0.286. The van der Waals surface area contributed by atoms with Gasteiger partial charge in [-0.3, -0.25) is 0 Å². The van der Waals surface area contributed by atoms with Crippen LogP contribution in [0.4, 0.5) is 0 Å². The third-order valence-electron chi connectivity index (χ3n) is 1.70. The number of hydrogen-bond acceptors (Lipinski definition) is 4. The Labute approximate surface area is 98.3 Å². The molecule has 0 unspecified atom stereocenters. The lowest BCUT2D eigenvalue weighted by Crippen LogP contribution is -2.10. The van der Waals surface area contributed by atoms with Crippen molar-refractivity contribution in [1.82, 2.24) is 0 Å². The van der Waals surface area contributed by atoms with E-state index in [2.05, 4.69) is 0 Å². The van der Waals surface area contributed by atoms with E-state index in [1.165, 1.54) is 0 Å². The monoisotopic (exact) mass is 236 g/mol. The van der Waals surface area contributed by atoms with Crippen LogP contribution in [0.1, 0.15) is 0 Å². The quantitative estimate of drug-likeness (QED) is 0.457. The molecule has 5 nitrogen and oxygen atoms in total.